The van der Waals surface area contributed by atoms with Gasteiger partial charge in [0.25, 0.3) is 0 Å². The van der Waals surface area contributed by atoms with Crippen molar-refractivity contribution in [1.29, 1.82) is 0 Å². The van der Waals surface area contributed by atoms with E-state index in [0.29, 0.717) is 12.6 Å². The molecule has 0 spiro atoms. The predicted molar refractivity (Wildman–Crippen MR) is 62.3 cm³/mol. The van der Waals surface area contributed by atoms with Gasteiger partial charge in [0, 0.05) is 32.4 Å². The molecule has 2 rings (SSSR count). The van der Waals surface area contributed by atoms with Crippen molar-refractivity contribution < 1.29 is 4.74 Å². The van der Waals surface area contributed by atoms with Crippen LogP contribution in [0.3, 0.4) is 0 Å². The fourth-order valence-electron chi connectivity index (χ4n) is 1.39. The first-order valence-corrected chi connectivity index (χ1v) is 5.65. The SMILES string of the molecule is COCCNc1cncc(CNC2CC2)n1. The van der Waals surface area contributed by atoms with Crippen LogP contribution in [0.5, 0.6) is 0 Å². The van der Waals surface area contributed by atoms with E-state index in [1.54, 1.807) is 19.5 Å². The van der Waals surface area contributed by atoms with Crippen LogP contribution >= 0.6 is 0 Å². The molecule has 0 aliphatic heterocycles. The molecule has 0 bridgehead atoms. The zero-order chi connectivity index (χ0) is 11.2. The topological polar surface area (TPSA) is 59.1 Å². The van der Waals surface area contributed by atoms with Gasteiger partial charge < -0.3 is 15.4 Å². The molecule has 88 valence electrons. The molecule has 1 aliphatic carbocycles. The molecule has 0 amide bonds. The third-order valence-electron chi connectivity index (χ3n) is 2.45. The molecule has 0 radical (unpaired) electrons. The highest BCUT2D eigenvalue weighted by Crippen LogP contribution is 2.19. The van der Waals surface area contributed by atoms with Gasteiger partial charge in [0.1, 0.15) is 5.82 Å². The third-order valence-corrected chi connectivity index (χ3v) is 2.45. The zero-order valence-corrected chi connectivity index (χ0v) is 9.57. The molecule has 2 N–H and O–H groups in total. The molecule has 1 fully saturated rings. The zero-order valence-electron chi connectivity index (χ0n) is 9.57. The minimum Gasteiger partial charge on any atom is -0.383 e. The predicted octanol–water partition coefficient (Wildman–Crippen LogP) is 0.787. The van der Waals surface area contributed by atoms with Crippen molar-refractivity contribution in [2.24, 2.45) is 0 Å². The molecule has 1 saturated carbocycles. The minimum atomic E-state index is 0.673. The molecule has 0 saturated heterocycles. The molecule has 0 atom stereocenters. The second kappa shape index (κ2) is 5.77. The van der Waals surface area contributed by atoms with Crippen molar-refractivity contribution in [1.82, 2.24) is 15.3 Å². The van der Waals surface area contributed by atoms with E-state index in [1.165, 1.54) is 12.8 Å². The summed E-state index contributed by atoms with van der Waals surface area (Å²) in [6, 6.07) is 0.701. The number of hydrogen-bond acceptors (Lipinski definition) is 5. The number of ether oxygens (including phenoxy) is 1. The first kappa shape index (κ1) is 11.3. The molecule has 1 aromatic heterocycles. The van der Waals surface area contributed by atoms with Crippen molar-refractivity contribution in [3.8, 4) is 0 Å². The molecule has 1 aliphatic rings. The molecule has 1 heterocycles. The largest absolute Gasteiger partial charge is 0.383 e. The van der Waals surface area contributed by atoms with Crippen LogP contribution in [0.2, 0.25) is 0 Å². The molecular formula is C11H18N4O. The van der Waals surface area contributed by atoms with Crippen molar-refractivity contribution in [3.05, 3.63) is 18.1 Å². The molecule has 0 unspecified atom stereocenters. The van der Waals surface area contributed by atoms with Gasteiger partial charge in [0.05, 0.1) is 18.5 Å². The van der Waals surface area contributed by atoms with Crippen LogP contribution in [-0.4, -0.2) is 36.3 Å². The lowest BCUT2D eigenvalue weighted by Crippen LogP contribution is -2.17. The normalized spacial score (nSPS) is 15.1. The Morgan fingerprint density at radius 3 is 3.06 bits per heavy atom. The fourth-order valence-corrected chi connectivity index (χ4v) is 1.39. The van der Waals surface area contributed by atoms with Gasteiger partial charge in [-0.2, -0.15) is 0 Å². The second-order valence-electron chi connectivity index (χ2n) is 3.97. The Kier molecular flexibility index (Phi) is 4.07. The van der Waals surface area contributed by atoms with Gasteiger partial charge in [-0.05, 0) is 12.8 Å². The van der Waals surface area contributed by atoms with Crippen LogP contribution in [-0.2, 0) is 11.3 Å². The van der Waals surface area contributed by atoms with Gasteiger partial charge in [-0.3, -0.25) is 4.98 Å². The molecule has 0 aromatic carbocycles. The van der Waals surface area contributed by atoms with E-state index in [2.05, 4.69) is 20.6 Å². The van der Waals surface area contributed by atoms with Crippen LogP contribution in [0.25, 0.3) is 0 Å². The highest BCUT2D eigenvalue weighted by molar-refractivity contribution is 5.31. The van der Waals surface area contributed by atoms with Gasteiger partial charge in [0.15, 0.2) is 0 Å². The Morgan fingerprint density at radius 1 is 1.44 bits per heavy atom. The molecule has 16 heavy (non-hydrogen) atoms. The number of hydrogen-bond donors (Lipinski definition) is 2. The molecular weight excluding hydrogens is 204 g/mol. The maximum atomic E-state index is 4.96. The maximum absolute atomic E-state index is 4.96. The third kappa shape index (κ3) is 3.75. The Morgan fingerprint density at radius 2 is 2.31 bits per heavy atom. The smallest absolute Gasteiger partial charge is 0.144 e. The van der Waals surface area contributed by atoms with Crippen molar-refractivity contribution in [3.63, 3.8) is 0 Å². The fraction of sp³-hybridized carbons (Fsp3) is 0.636. The number of nitrogens with zero attached hydrogens (tertiary/aromatic N) is 2. The minimum absolute atomic E-state index is 0.673. The standard InChI is InChI=1S/C11H18N4O/c1-16-5-4-13-11-8-12-6-10(15-11)7-14-9-2-3-9/h6,8-9,14H,2-5,7H2,1H3,(H,13,15). The monoisotopic (exact) mass is 222 g/mol. The van der Waals surface area contributed by atoms with Gasteiger partial charge in [-0.25, -0.2) is 4.98 Å². The van der Waals surface area contributed by atoms with E-state index in [9.17, 15) is 0 Å². The van der Waals surface area contributed by atoms with Crippen molar-refractivity contribution in [2.75, 3.05) is 25.6 Å². The number of methoxy groups -OCH3 is 1. The van der Waals surface area contributed by atoms with Crippen molar-refractivity contribution >= 4 is 5.82 Å². The van der Waals surface area contributed by atoms with E-state index >= 15 is 0 Å². The molecule has 5 nitrogen and oxygen atoms in total. The number of rotatable bonds is 7. The summed E-state index contributed by atoms with van der Waals surface area (Å²) in [4.78, 5) is 8.61. The lowest BCUT2D eigenvalue weighted by molar-refractivity contribution is 0.210. The average molecular weight is 222 g/mol. The summed E-state index contributed by atoms with van der Waals surface area (Å²) in [5.41, 5.74) is 0.981. The average Bonchev–Trinajstić information content (AvgIpc) is 3.11. The molecule has 1 aromatic rings. The van der Waals surface area contributed by atoms with E-state index in [4.69, 9.17) is 4.74 Å². The van der Waals surface area contributed by atoms with Crippen LogP contribution < -0.4 is 10.6 Å². The highest BCUT2D eigenvalue weighted by atomic mass is 16.5. The lowest BCUT2D eigenvalue weighted by atomic mass is 10.4. The Balaban J connectivity index is 1.80. The highest BCUT2D eigenvalue weighted by Gasteiger charge is 2.20. The van der Waals surface area contributed by atoms with Gasteiger partial charge >= 0.3 is 0 Å². The number of aromatic nitrogens is 2. The summed E-state index contributed by atoms with van der Waals surface area (Å²) in [6.45, 7) is 2.23. The maximum Gasteiger partial charge on any atom is 0.144 e. The number of nitrogens with one attached hydrogen (secondary N) is 2. The first-order chi connectivity index (χ1) is 7.88. The molecule has 5 heteroatoms. The van der Waals surface area contributed by atoms with Crippen LogP contribution in [0.4, 0.5) is 5.82 Å². The summed E-state index contributed by atoms with van der Waals surface area (Å²) < 4.78 is 4.96. The Labute approximate surface area is 95.6 Å². The van der Waals surface area contributed by atoms with Crippen LogP contribution in [0.1, 0.15) is 18.5 Å². The Hall–Kier alpha value is -1.20. The summed E-state index contributed by atoms with van der Waals surface area (Å²) in [5.74, 6) is 0.812. The Bertz CT molecular complexity index is 328. The summed E-state index contributed by atoms with van der Waals surface area (Å²) in [5, 5.41) is 6.58. The van der Waals surface area contributed by atoms with Crippen LogP contribution in [0.15, 0.2) is 12.4 Å². The lowest BCUT2D eigenvalue weighted by Gasteiger charge is -2.06. The summed E-state index contributed by atoms with van der Waals surface area (Å²) >= 11 is 0. The summed E-state index contributed by atoms with van der Waals surface area (Å²) in [7, 11) is 1.68. The van der Waals surface area contributed by atoms with Gasteiger partial charge in [0.2, 0.25) is 0 Å². The van der Waals surface area contributed by atoms with E-state index in [0.717, 1.165) is 24.6 Å². The van der Waals surface area contributed by atoms with E-state index in [1.807, 2.05) is 0 Å². The number of anilines is 1. The van der Waals surface area contributed by atoms with Gasteiger partial charge in [-0.15, -0.1) is 0 Å². The summed E-state index contributed by atoms with van der Waals surface area (Å²) in [6.07, 6.45) is 6.12. The second-order valence-corrected chi connectivity index (χ2v) is 3.97. The van der Waals surface area contributed by atoms with E-state index < -0.39 is 0 Å². The van der Waals surface area contributed by atoms with Crippen LogP contribution in [0, 0.1) is 0 Å². The van der Waals surface area contributed by atoms with E-state index in [-0.39, 0.29) is 0 Å². The van der Waals surface area contributed by atoms with Crippen molar-refractivity contribution in [2.45, 2.75) is 25.4 Å². The quantitative estimate of drug-likeness (QED) is 0.668. The first-order valence-electron chi connectivity index (χ1n) is 5.65. The van der Waals surface area contributed by atoms with Gasteiger partial charge in [-0.1, -0.05) is 0 Å².